The van der Waals surface area contributed by atoms with E-state index in [9.17, 15) is 18.0 Å². The van der Waals surface area contributed by atoms with Gasteiger partial charge in [0.25, 0.3) is 10.0 Å². The maximum atomic E-state index is 14.1. The van der Waals surface area contributed by atoms with Crippen molar-refractivity contribution in [1.29, 1.82) is 0 Å². The molecular formula is C30H34Cl3N3O4S. The Kier molecular flexibility index (Phi) is 11.5. The zero-order chi connectivity index (χ0) is 30.3. The Morgan fingerprint density at radius 3 is 2.27 bits per heavy atom. The van der Waals surface area contributed by atoms with Gasteiger partial charge in [-0.15, -0.1) is 0 Å². The lowest BCUT2D eigenvalue weighted by Crippen LogP contribution is -2.51. The molecule has 0 saturated heterocycles. The predicted octanol–water partition coefficient (Wildman–Crippen LogP) is 6.79. The van der Waals surface area contributed by atoms with Gasteiger partial charge >= 0.3 is 0 Å². The van der Waals surface area contributed by atoms with Crippen LogP contribution in [0.15, 0.2) is 65.6 Å². The molecule has 0 bridgehead atoms. The van der Waals surface area contributed by atoms with Crippen molar-refractivity contribution in [3.8, 4) is 0 Å². The minimum absolute atomic E-state index is 0.0212. The number of nitrogens with zero attached hydrogens (tertiary/aromatic N) is 2. The number of carbonyl (C=O) groups excluding carboxylic acids is 2. The van der Waals surface area contributed by atoms with E-state index in [1.54, 1.807) is 62.4 Å². The van der Waals surface area contributed by atoms with Gasteiger partial charge in [-0.25, -0.2) is 8.42 Å². The number of benzene rings is 3. The van der Waals surface area contributed by atoms with Crippen LogP contribution in [0.5, 0.6) is 0 Å². The first-order chi connectivity index (χ1) is 19.4. The van der Waals surface area contributed by atoms with Gasteiger partial charge in [-0.1, -0.05) is 78.0 Å². The number of rotatable bonds is 12. The van der Waals surface area contributed by atoms with Crippen LogP contribution in [-0.4, -0.2) is 44.3 Å². The van der Waals surface area contributed by atoms with Crippen molar-refractivity contribution in [1.82, 2.24) is 10.2 Å². The van der Waals surface area contributed by atoms with Crippen LogP contribution in [0.2, 0.25) is 15.1 Å². The van der Waals surface area contributed by atoms with Gasteiger partial charge in [-0.05, 0) is 74.7 Å². The van der Waals surface area contributed by atoms with Crippen LogP contribution in [0.3, 0.4) is 0 Å². The minimum atomic E-state index is -4.21. The number of aryl methyl sites for hydroxylation is 1. The average Bonchev–Trinajstić information content (AvgIpc) is 2.93. The van der Waals surface area contributed by atoms with Crippen LogP contribution in [0.25, 0.3) is 0 Å². The normalized spacial score (nSPS) is 12.1. The topological polar surface area (TPSA) is 86.8 Å². The second-order valence-corrected chi connectivity index (χ2v) is 12.9. The van der Waals surface area contributed by atoms with Crippen molar-refractivity contribution in [2.24, 2.45) is 0 Å². The predicted molar refractivity (Wildman–Crippen MR) is 166 cm³/mol. The Morgan fingerprint density at radius 1 is 0.951 bits per heavy atom. The van der Waals surface area contributed by atoms with E-state index < -0.39 is 28.5 Å². The maximum absolute atomic E-state index is 14.1. The van der Waals surface area contributed by atoms with Crippen molar-refractivity contribution in [3.63, 3.8) is 0 Å². The number of hydrogen-bond donors (Lipinski definition) is 1. The van der Waals surface area contributed by atoms with E-state index >= 15 is 0 Å². The highest BCUT2D eigenvalue weighted by molar-refractivity contribution is 7.92. The Bertz CT molecular complexity index is 1500. The number of halogens is 3. The number of nitrogens with one attached hydrogen (secondary N) is 1. The van der Waals surface area contributed by atoms with Crippen LogP contribution in [0.1, 0.15) is 43.4 Å². The monoisotopic (exact) mass is 637 g/mol. The summed E-state index contributed by atoms with van der Waals surface area (Å²) in [5.74, 6) is -0.951. The summed E-state index contributed by atoms with van der Waals surface area (Å²) < 4.78 is 29.0. The van der Waals surface area contributed by atoms with Crippen LogP contribution in [0.4, 0.5) is 5.69 Å². The molecule has 3 rings (SSSR count). The average molecular weight is 639 g/mol. The third-order valence-corrected chi connectivity index (χ3v) is 9.52. The van der Waals surface area contributed by atoms with Crippen LogP contribution in [0, 0.1) is 13.8 Å². The van der Waals surface area contributed by atoms with Crippen molar-refractivity contribution in [3.05, 3.63) is 92.4 Å². The number of hydrogen-bond acceptors (Lipinski definition) is 4. The van der Waals surface area contributed by atoms with Crippen molar-refractivity contribution in [2.45, 2.75) is 58.0 Å². The van der Waals surface area contributed by atoms with Crippen molar-refractivity contribution in [2.75, 3.05) is 17.4 Å². The molecule has 3 aromatic carbocycles. The van der Waals surface area contributed by atoms with Gasteiger partial charge in [-0.2, -0.15) is 0 Å². The minimum Gasteiger partial charge on any atom is -0.354 e. The number of anilines is 1. The Labute approximate surface area is 257 Å². The summed E-state index contributed by atoms with van der Waals surface area (Å²) >= 11 is 18.9. The number of unbranched alkanes of at least 4 members (excludes halogenated alkanes) is 1. The quantitative estimate of drug-likeness (QED) is 0.221. The van der Waals surface area contributed by atoms with Gasteiger partial charge in [-0.3, -0.25) is 13.9 Å². The Balaban J connectivity index is 2.06. The zero-order valence-electron chi connectivity index (χ0n) is 23.5. The molecule has 0 fully saturated rings. The molecule has 0 aliphatic heterocycles. The Hall–Kier alpha value is -2.78. The summed E-state index contributed by atoms with van der Waals surface area (Å²) in [5, 5.41) is 3.96. The van der Waals surface area contributed by atoms with E-state index in [1.165, 1.54) is 17.0 Å². The molecule has 0 heterocycles. The van der Waals surface area contributed by atoms with Gasteiger partial charge in [0.15, 0.2) is 0 Å². The van der Waals surface area contributed by atoms with E-state index in [4.69, 9.17) is 34.8 Å². The molecule has 2 amide bonds. The zero-order valence-corrected chi connectivity index (χ0v) is 26.5. The molecule has 0 saturated carbocycles. The SMILES string of the molecule is CCCCNC(=O)[C@@H](C)N(Cc1ccc(Cl)cc1Cl)C(=O)CN(c1cccc(Cl)c1C)S(=O)(=O)c1ccc(C)cc1. The van der Waals surface area contributed by atoms with Gasteiger partial charge < -0.3 is 10.2 Å². The number of sulfonamides is 1. The molecule has 0 aromatic heterocycles. The second-order valence-electron chi connectivity index (χ2n) is 9.79. The first kappa shape index (κ1) is 32.7. The smallest absolute Gasteiger partial charge is 0.264 e. The van der Waals surface area contributed by atoms with Crippen LogP contribution >= 0.6 is 34.8 Å². The molecule has 0 radical (unpaired) electrons. The molecular weight excluding hydrogens is 605 g/mol. The first-order valence-electron chi connectivity index (χ1n) is 13.2. The van der Waals surface area contributed by atoms with E-state index in [-0.39, 0.29) is 23.0 Å². The molecule has 0 aliphatic rings. The van der Waals surface area contributed by atoms with Crippen molar-refractivity contribution >= 4 is 62.3 Å². The number of carbonyl (C=O) groups is 2. The summed E-state index contributed by atoms with van der Waals surface area (Å²) in [6.07, 6.45) is 1.68. The summed E-state index contributed by atoms with van der Waals surface area (Å²) in [4.78, 5) is 28.5. The molecule has 0 spiro atoms. The van der Waals surface area contributed by atoms with Crippen LogP contribution in [-0.2, 0) is 26.2 Å². The fourth-order valence-electron chi connectivity index (χ4n) is 4.17. The number of amides is 2. The molecule has 220 valence electrons. The summed E-state index contributed by atoms with van der Waals surface area (Å²) in [6, 6.07) is 15.2. The second kappa shape index (κ2) is 14.4. The Morgan fingerprint density at radius 2 is 1.63 bits per heavy atom. The fraction of sp³-hybridized carbons (Fsp3) is 0.333. The highest BCUT2D eigenvalue weighted by atomic mass is 35.5. The molecule has 0 aliphatic carbocycles. The highest BCUT2D eigenvalue weighted by Gasteiger charge is 2.33. The summed E-state index contributed by atoms with van der Waals surface area (Å²) in [7, 11) is -4.21. The van der Waals surface area contributed by atoms with Crippen LogP contribution < -0.4 is 9.62 Å². The lowest BCUT2D eigenvalue weighted by Gasteiger charge is -2.32. The van der Waals surface area contributed by atoms with Gasteiger partial charge in [0, 0.05) is 28.2 Å². The molecule has 3 aromatic rings. The third-order valence-electron chi connectivity index (χ3n) is 6.75. The highest BCUT2D eigenvalue weighted by Crippen LogP contribution is 2.31. The molecule has 41 heavy (non-hydrogen) atoms. The molecule has 1 N–H and O–H groups in total. The van der Waals surface area contributed by atoms with E-state index in [0.717, 1.165) is 22.7 Å². The van der Waals surface area contributed by atoms with E-state index in [1.807, 2.05) is 13.8 Å². The van der Waals surface area contributed by atoms with E-state index in [0.29, 0.717) is 32.7 Å². The van der Waals surface area contributed by atoms with E-state index in [2.05, 4.69) is 5.32 Å². The molecule has 11 heteroatoms. The standard InChI is InChI=1S/C30H34Cl3N3O4S/c1-5-6-16-34-30(38)22(4)35(18-23-12-13-24(31)17-27(23)33)29(37)19-36(28-9-7-8-26(32)21(28)3)41(39,40)25-14-10-20(2)11-15-25/h7-15,17,22H,5-6,16,18-19H2,1-4H3,(H,34,38)/t22-/m1/s1. The maximum Gasteiger partial charge on any atom is 0.264 e. The van der Waals surface area contributed by atoms with Gasteiger partial charge in [0.2, 0.25) is 11.8 Å². The van der Waals surface area contributed by atoms with Crippen molar-refractivity contribution < 1.29 is 18.0 Å². The first-order valence-corrected chi connectivity index (χ1v) is 15.8. The van der Waals surface area contributed by atoms with Gasteiger partial charge in [0.1, 0.15) is 12.6 Å². The third kappa shape index (κ3) is 8.16. The fourth-order valence-corrected chi connectivity index (χ4v) is 6.28. The molecule has 1 atom stereocenters. The molecule has 0 unspecified atom stereocenters. The van der Waals surface area contributed by atoms with Gasteiger partial charge in [0.05, 0.1) is 10.6 Å². The summed E-state index contributed by atoms with van der Waals surface area (Å²) in [6.45, 7) is 7.00. The lowest BCUT2D eigenvalue weighted by atomic mass is 10.1. The summed E-state index contributed by atoms with van der Waals surface area (Å²) in [5.41, 5.74) is 2.20. The largest absolute Gasteiger partial charge is 0.354 e. The molecule has 7 nitrogen and oxygen atoms in total. The lowest BCUT2D eigenvalue weighted by molar-refractivity contribution is -0.139.